The van der Waals surface area contributed by atoms with Gasteiger partial charge in [-0.1, -0.05) is 11.1 Å². The summed E-state index contributed by atoms with van der Waals surface area (Å²) in [5.74, 6) is -5.79. The van der Waals surface area contributed by atoms with E-state index in [0.717, 1.165) is 0 Å². The number of aliphatic carboxylic acids is 2. The molecule has 15 heteroatoms. The van der Waals surface area contributed by atoms with E-state index in [2.05, 4.69) is 0 Å². The maximum absolute atomic E-state index is 11.5. The molecule has 0 aliphatic heterocycles. The molecule has 0 saturated heterocycles. The van der Waals surface area contributed by atoms with Crippen molar-refractivity contribution in [2.24, 2.45) is 5.73 Å². The molecule has 0 aromatic heterocycles. The van der Waals surface area contributed by atoms with Crippen molar-refractivity contribution >= 4 is 34.8 Å². The van der Waals surface area contributed by atoms with Crippen LogP contribution < -0.4 is 115 Å². The Kier molecular flexibility index (Phi) is 24.6. The van der Waals surface area contributed by atoms with E-state index in [4.69, 9.17) is 5.73 Å². The first kappa shape index (κ1) is 33.5. The van der Waals surface area contributed by atoms with Crippen molar-refractivity contribution in [1.82, 2.24) is 10.6 Å². The van der Waals surface area contributed by atoms with Crippen molar-refractivity contribution in [2.45, 2.75) is 24.9 Å². The molecule has 0 saturated carbocycles. The van der Waals surface area contributed by atoms with E-state index >= 15 is 0 Å². The SMILES string of the molecule is N[C@@H](CCC(=O)N[C@@H](CS(=O)[O-])C(=O)NCC(=O)[O-])C(=O)[O-].[Na+].[Na+].[Na+]. The minimum Gasteiger partial charge on any atom is -0.772 e. The van der Waals surface area contributed by atoms with Gasteiger partial charge in [0.05, 0.1) is 18.5 Å². The van der Waals surface area contributed by atoms with Gasteiger partial charge in [-0.2, -0.15) is 0 Å². The molecule has 126 valence electrons. The molecular weight excluding hydrogens is 391 g/mol. The van der Waals surface area contributed by atoms with Crippen LogP contribution in [0.15, 0.2) is 0 Å². The number of hydrogen-bond acceptors (Lipinski definition) is 9. The second-order valence-electron chi connectivity index (χ2n) is 4.14. The van der Waals surface area contributed by atoms with Crippen molar-refractivity contribution in [1.29, 1.82) is 0 Å². The van der Waals surface area contributed by atoms with Crippen molar-refractivity contribution in [3.8, 4) is 0 Å². The van der Waals surface area contributed by atoms with Gasteiger partial charge in [0.1, 0.15) is 6.04 Å². The van der Waals surface area contributed by atoms with Crippen LogP contribution in [0.2, 0.25) is 0 Å². The summed E-state index contributed by atoms with van der Waals surface area (Å²) in [6, 6.07) is -2.91. The molecule has 11 nitrogen and oxygen atoms in total. The molecule has 0 aliphatic rings. The van der Waals surface area contributed by atoms with Gasteiger partial charge >= 0.3 is 88.7 Å². The second kappa shape index (κ2) is 18.3. The van der Waals surface area contributed by atoms with Crippen LogP contribution in [0.4, 0.5) is 0 Å². The van der Waals surface area contributed by atoms with Crippen molar-refractivity contribution in [2.75, 3.05) is 12.3 Å². The van der Waals surface area contributed by atoms with Crippen LogP contribution in [0.5, 0.6) is 0 Å². The van der Waals surface area contributed by atoms with E-state index in [1.165, 1.54) is 0 Å². The van der Waals surface area contributed by atoms with Gasteiger partial charge in [0.2, 0.25) is 11.8 Å². The molecule has 0 spiro atoms. The Hall–Kier alpha value is 0.950. The van der Waals surface area contributed by atoms with E-state index in [1.54, 1.807) is 0 Å². The molecule has 0 radical (unpaired) electrons. The Morgan fingerprint density at radius 2 is 1.60 bits per heavy atom. The van der Waals surface area contributed by atoms with Gasteiger partial charge in [-0.25, -0.2) is 0 Å². The fourth-order valence-electron chi connectivity index (χ4n) is 1.27. The average Bonchev–Trinajstić information content (AvgIpc) is 2.40. The van der Waals surface area contributed by atoms with Crippen LogP contribution in [-0.2, 0) is 30.3 Å². The minimum atomic E-state index is -2.68. The van der Waals surface area contributed by atoms with Crippen molar-refractivity contribution in [3.05, 3.63) is 0 Å². The van der Waals surface area contributed by atoms with E-state index < -0.39 is 59.2 Å². The smallest absolute Gasteiger partial charge is 0.772 e. The summed E-state index contributed by atoms with van der Waals surface area (Å²) in [7, 11) is 0. The summed E-state index contributed by atoms with van der Waals surface area (Å²) in [4.78, 5) is 43.6. The van der Waals surface area contributed by atoms with Crippen LogP contribution in [0.25, 0.3) is 0 Å². The van der Waals surface area contributed by atoms with Gasteiger partial charge in [-0.05, 0) is 6.42 Å². The van der Waals surface area contributed by atoms with E-state index in [9.17, 15) is 38.2 Å². The number of hydrogen-bond donors (Lipinski definition) is 3. The van der Waals surface area contributed by atoms with E-state index in [-0.39, 0.29) is 102 Å². The topological polar surface area (TPSA) is 205 Å². The third-order valence-electron chi connectivity index (χ3n) is 2.35. The molecule has 0 aromatic rings. The maximum Gasteiger partial charge on any atom is 1.00 e. The van der Waals surface area contributed by atoms with Gasteiger partial charge in [0.15, 0.2) is 0 Å². The standard InChI is InChI=1S/C10H17N3O8S.3Na/c11-5(10(18)19)1-2-7(14)13-6(4-22(20)21)9(17)12-3-8(15)16;;;/h5-6H,1-4,11H2,(H,12,17)(H,13,14)(H,15,16)(H,18,19)(H,20,21);;;/q;3*+1/p-3/t5-,6-;;;/m0.../s1. The average molecular weight is 405 g/mol. The zero-order valence-electron chi connectivity index (χ0n) is 14.2. The Balaban J connectivity index is -0.000000735. The maximum atomic E-state index is 11.5. The van der Waals surface area contributed by atoms with Gasteiger partial charge in [-0.15, -0.1) is 0 Å². The summed E-state index contributed by atoms with van der Waals surface area (Å²) in [5, 5.41) is 24.5. The van der Waals surface area contributed by atoms with Gasteiger partial charge in [0, 0.05) is 18.2 Å². The summed E-state index contributed by atoms with van der Waals surface area (Å²) in [5.41, 5.74) is 5.12. The number of nitrogens with one attached hydrogen (secondary N) is 2. The molecular formula is C10H14N3Na3O8S. The molecule has 0 aliphatic carbocycles. The predicted octanol–water partition coefficient (Wildman–Crippen LogP) is -14.9. The summed E-state index contributed by atoms with van der Waals surface area (Å²) in [6.07, 6.45) is -0.660. The zero-order valence-corrected chi connectivity index (χ0v) is 21.1. The molecule has 2 amide bonds. The second-order valence-corrected chi connectivity index (χ2v) is 5.09. The number of amides is 2. The van der Waals surface area contributed by atoms with Crippen LogP contribution in [0.3, 0.4) is 0 Å². The van der Waals surface area contributed by atoms with Crippen molar-refractivity contribution in [3.63, 3.8) is 0 Å². The number of carbonyl (C=O) groups excluding carboxylic acids is 4. The quantitative estimate of drug-likeness (QED) is 0.233. The molecule has 1 unspecified atom stereocenters. The molecule has 25 heavy (non-hydrogen) atoms. The summed E-state index contributed by atoms with van der Waals surface area (Å²) >= 11 is -2.68. The largest absolute Gasteiger partial charge is 1.00 e. The third kappa shape index (κ3) is 18.1. The van der Waals surface area contributed by atoms with Crippen molar-refractivity contribution < 1.29 is 127 Å². The fraction of sp³-hybridized carbons (Fsp3) is 0.600. The van der Waals surface area contributed by atoms with Crippen LogP contribution in [0, 0.1) is 0 Å². The van der Waals surface area contributed by atoms with Crippen LogP contribution >= 0.6 is 0 Å². The first-order valence-electron chi connectivity index (χ1n) is 5.92. The number of carboxylic acids is 2. The molecule has 0 bridgehead atoms. The Bertz CT molecular complexity index is 482. The third-order valence-corrected chi connectivity index (χ3v) is 2.95. The van der Waals surface area contributed by atoms with E-state index in [0.29, 0.717) is 0 Å². The van der Waals surface area contributed by atoms with Gasteiger partial charge in [0.25, 0.3) is 0 Å². The fourth-order valence-corrected chi connectivity index (χ4v) is 1.78. The normalized spacial score (nSPS) is 12.7. The molecule has 0 heterocycles. The molecule has 0 rings (SSSR count). The van der Waals surface area contributed by atoms with E-state index in [1.807, 2.05) is 10.6 Å². The predicted molar refractivity (Wildman–Crippen MR) is 66.0 cm³/mol. The van der Waals surface area contributed by atoms with Gasteiger partial charge < -0.3 is 40.7 Å². The number of nitrogens with two attached hydrogens (primary N) is 1. The number of rotatable bonds is 10. The minimum absolute atomic E-state index is 0. The first-order valence-corrected chi connectivity index (χ1v) is 7.17. The van der Waals surface area contributed by atoms with Crippen LogP contribution in [-0.4, -0.2) is 56.9 Å². The molecule has 3 atom stereocenters. The van der Waals surface area contributed by atoms with Gasteiger partial charge in [-0.3, -0.25) is 13.8 Å². The summed E-state index contributed by atoms with van der Waals surface area (Å²) in [6.45, 7) is -0.855. The van der Waals surface area contributed by atoms with Crippen LogP contribution in [0.1, 0.15) is 12.8 Å². The Morgan fingerprint density at radius 3 is 2.00 bits per heavy atom. The molecule has 4 N–H and O–H groups in total. The zero-order chi connectivity index (χ0) is 17.3. The molecule has 0 aromatic carbocycles. The Morgan fingerprint density at radius 1 is 1.08 bits per heavy atom. The first-order chi connectivity index (χ1) is 10.1. The molecule has 0 fully saturated rings. The monoisotopic (exact) mass is 405 g/mol. The Labute approximate surface area is 212 Å². The summed E-state index contributed by atoms with van der Waals surface area (Å²) < 4.78 is 21.2. The number of carboxylic acid groups (broad SMARTS) is 2. The number of carbonyl (C=O) groups is 4.